The second-order valence-corrected chi connectivity index (χ2v) is 5.07. The van der Waals surface area contributed by atoms with E-state index in [1.165, 1.54) is 0 Å². The van der Waals surface area contributed by atoms with E-state index in [-0.39, 0.29) is 28.0 Å². The van der Waals surface area contributed by atoms with Crippen LogP contribution >= 0.6 is 11.6 Å². The third-order valence-electron chi connectivity index (χ3n) is 3.58. The van der Waals surface area contributed by atoms with Crippen LogP contribution in [0.15, 0.2) is 6.07 Å². The van der Waals surface area contributed by atoms with Gasteiger partial charge in [-0.05, 0) is 43.9 Å². The van der Waals surface area contributed by atoms with Gasteiger partial charge in [0.15, 0.2) is 11.5 Å². The molecule has 1 aromatic carbocycles. The van der Waals surface area contributed by atoms with Crippen LogP contribution in [0, 0.1) is 6.92 Å². The Bertz CT molecular complexity index is 439. The number of hydrogen-bond acceptors (Lipinski definition) is 3. The number of phenolic OH excluding ortho intramolecular Hbond substituents is 2. The van der Waals surface area contributed by atoms with Crippen molar-refractivity contribution in [3.63, 3.8) is 0 Å². The van der Waals surface area contributed by atoms with Crippen molar-refractivity contribution in [2.45, 2.75) is 38.1 Å². The van der Waals surface area contributed by atoms with Crippen molar-refractivity contribution in [2.24, 2.45) is 5.73 Å². The SMILES string of the molecule is Cc1cc(O)c(O)c(Cl)c1C1(C(C)N)CC1. The van der Waals surface area contributed by atoms with Crippen LogP contribution in [0.4, 0.5) is 0 Å². The first-order chi connectivity index (χ1) is 7.40. The first-order valence-corrected chi connectivity index (χ1v) is 5.75. The van der Waals surface area contributed by atoms with Gasteiger partial charge in [-0.15, -0.1) is 0 Å². The molecule has 1 atom stereocenters. The lowest BCUT2D eigenvalue weighted by molar-refractivity contribution is 0.401. The molecule has 4 heteroatoms. The molecule has 1 aliphatic carbocycles. The van der Waals surface area contributed by atoms with Gasteiger partial charge in [-0.2, -0.15) is 0 Å². The minimum atomic E-state index is -0.241. The standard InChI is InChI=1S/C12H16ClNO2/c1-6-5-8(15)11(16)10(13)9(6)12(3-4-12)7(2)14/h5,7,15-16H,3-4,14H2,1-2H3. The van der Waals surface area contributed by atoms with E-state index >= 15 is 0 Å². The highest BCUT2D eigenvalue weighted by atomic mass is 35.5. The van der Waals surface area contributed by atoms with Crippen molar-refractivity contribution in [1.82, 2.24) is 0 Å². The summed E-state index contributed by atoms with van der Waals surface area (Å²) in [4.78, 5) is 0. The maximum Gasteiger partial charge on any atom is 0.176 e. The van der Waals surface area contributed by atoms with Crippen molar-refractivity contribution < 1.29 is 10.2 Å². The minimum absolute atomic E-state index is 0.00681. The molecule has 0 amide bonds. The Balaban J connectivity index is 2.62. The van der Waals surface area contributed by atoms with E-state index in [1.54, 1.807) is 6.07 Å². The predicted octanol–water partition coefficient (Wildman–Crippen LogP) is 2.44. The number of phenols is 2. The molecule has 0 heterocycles. The fraction of sp³-hybridized carbons (Fsp3) is 0.500. The average molecular weight is 242 g/mol. The molecule has 0 aliphatic heterocycles. The summed E-state index contributed by atoms with van der Waals surface area (Å²) in [6, 6.07) is 1.53. The molecule has 3 nitrogen and oxygen atoms in total. The summed E-state index contributed by atoms with van der Waals surface area (Å²) in [6.45, 7) is 3.83. The molecule has 1 aromatic rings. The quantitative estimate of drug-likeness (QED) is 0.697. The first kappa shape index (κ1) is 11.6. The van der Waals surface area contributed by atoms with Gasteiger partial charge in [0.2, 0.25) is 0 Å². The second kappa shape index (κ2) is 3.54. The number of hydrogen-bond donors (Lipinski definition) is 3. The molecule has 0 radical (unpaired) electrons. The van der Waals surface area contributed by atoms with Crippen molar-refractivity contribution in [3.8, 4) is 11.5 Å². The van der Waals surface area contributed by atoms with Gasteiger partial charge in [-0.1, -0.05) is 11.6 Å². The summed E-state index contributed by atoms with van der Waals surface area (Å²) in [5.41, 5.74) is 7.64. The maximum absolute atomic E-state index is 9.66. The summed E-state index contributed by atoms with van der Waals surface area (Å²) < 4.78 is 0. The number of benzene rings is 1. The van der Waals surface area contributed by atoms with Crippen molar-refractivity contribution >= 4 is 11.6 Å². The highest BCUT2D eigenvalue weighted by Gasteiger charge is 2.50. The summed E-state index contributed by atoms with van der Waals surface area (Å²) in [5.74, 6) is -0.416. The molecule has 0 aromatic heterocycles. The van der Waals surface area contributed by atoms with E-state index in [0.717, 1.165) is 24.0 Å². The minimum Gasteiger partial charge on any atom is -0.504 e. The van der Waals surface area contributed by atoms with Crippen LogP contribution < -0.4 is 5.73 Å². The smallest absolute Gasteiger partial charge is 0.176 e. The molecule has 16 heavy (non-hydrogen) atoms. The van der Waals surface area contributed by atoms with Gasteiger partial charge in [-0.25, -0.2) is 0 Å². The Labute approximate surface area is 99.8 Å². The van der Waals surface area contributed by atoms with Gasteiger partial charge in [0.25, 0.3) is 0 Å². The molecule has 1 unspecified atom stereocenters. The third-order valence-corrected chi connectivity index (χ3v) is 3.94. The van der Waals surface area contributed by atoms with Crippen LogP contribution in [0.25, 0.3) is 0 Å². The van der Waals surface area contributed by atoms with Gasteiger partial charge >= 0.3 is 0 Å². The van der Waals surface area contributed by atoms with Gasteiger partial charge in [0.1, 0.15) is 0 Å². The van der Waals surface area contributed by atoms with Crippen molar-refractivity contribution in [3.05, 3.63) is 22.2 Å². The van der Waals surface area contributed by atoms with Gasteiger partial charge in [-0.3, -0.25) is 0 Å². The van der Waals surface area contributed by atoms with Crippen molar-refractivity contribution in [2.75, 3.05) is 0 Å². The molecule has 1 aliphatic rings. The molecule has 1 saturated carbocycles. The number of halogens is 1. The first-order valence-electron chi connectivity index (χ1n) is 5.37. The van der Waals surface area contributed by atoms with E-state index in [9.17, 15) is 10.2 Å². The van der Waals surface area contributed by atoms with E-state index < -0.39 is 0 Å². The highest BCUT2D eigenvalue weighted by Crippen LogP contribution is 2.56. The van der Waals surface area contributed by atoms with Crippen LogP contribution in [0.5, 0.6) is 11.5 Å². The Morgan fingerprint density at radius 3 is 2.44 bits per heavy atom. The molecular formula is C12H16ClNO2. The van der Waals surface area contributed by atoms with E-state index in [1.807, 2.05) is 13.8 Å². The largest absolute Gasteiger partial charge is 0.504 e. The number of aromatic hydroxyl groups is 2. The normalized spacial score (nSPS) is 19.5. The number of aryl methyl sites for hydroxylation is 1. The van der Waals surface area contributed by atoms with E-state index in [2.05, 4.69) is 0 Å². The fourth-order valence-corrected chi connectivity index (χ4v) is 2.86. The summed E-state index contributed by atoms with van der Waals surface area (Å²) in [5, 5.41) is 19.4. The maximum atomic E-state index is 9.66. The zero-order valence-corrected chi connectivity index (χ0v) is 10.2. The number of nitrogens with two attached hydrogens (primary N) is 1. The molecule has 4 N–H and O–H groups in total. The predicted molar refractivity (Wildman–Crippen MR) is 64.1 cm³/mol. The average Bonchev–Trinajstić information content (AvgIpc) is 2.96. The lowest BCUT2D eigenvalue weighted by Crippen LogP contribution is -2.32. The van der Waals surface area contributed by atoms with Crippen LogP contribution in [0.3, 0.4) is 0 Å². The lowest BCUT2D eigenvalue weighted by atomic mass is 9.86. The van der Waals surface area contributed by atoms with Crippen LogP contribution in [-0.2, 0) is 5.41 Å². The zero-order chi connectivity index (χ0) is 12.1. The molecule has 2 rings (SSSR count). The fourth-order valence-electron chi connectivity index (χ4n) is 2.43. The molecule has 1 fully saturated rings. The van der Waals surface area contributed by atoms with Crippen LogP contribution in [0.2, 0.25) is 5.02 Å². The van der Waals surface area contributed by atoms with Gasteiger partial charge in [0, 0.05) is 11.5 Å². The molecular weight excluding hydrogens is 226 g/mol. The van der Waals surface area contributed by atoms with E-state index in [4.69, 9.17) is 17.3 Å². The van der Waals surface area contributed by atoms with Crippen molar-refractivity contribution in [1.29, 1.82) is 0 Å². The second-order valence-electron chi connectivity index (χ2n) is 4.69. The van der Waals surface area contributed by atoms with E-state index in [0.29, 0.717) is 0 Å². The van der Waals surface area contributed by atoms with Gasteiger partial charge in [0.05, 0.1) is 5.02 Å². The summed E-state index contributed by atoms with van der Waals surface area (Å²) >= 11 is 6.11. The monoisotopic (exact) mass is 241 g/mol. The summed E-state index contributed by atoms with van der Waals surface area (Å²) in [6.07, 6.45) is 1.96. The van der Waals surface area contributed by atoms with Crippen LogP contribution in [-0.4, -0.2) is 16.3 Å². The molecule has 0 bridgehead atoms. The lowest BCUT2D eigenvalue weighted by Gasteiger charge is -2.24. The highest BCUT2D eigenvalue weighted by molar-refractivity contribution is 6.33. The molecule has 0 saturated heterocycles. The third kappa shape index (κ3) is 1.46. The Morgan fingerprint density at radius 2 is 2.00 bits per heavy atom. The summed E-state index contributed by atoms with van der Waals surface area (Å²) in [7, 11) is 0. The van der Waals surface area contributed by atoms with Gasteiger partial charge < -0.3 is 15.9 Å². The molecule has 0 spiro atoms. The Morgan fingerprint density at radius 1 is 1.44 bits per heavy atom. The number of rotatable bonds is 2. The molecule has 88 valence electrons. The van der Waals surface area contributed by atoms with Crippen LogP contribution in [0.1, 0.15) is 30.9 Å². The Kier molecular flexibility index (Phi) is 2.55. The zero-order valence-electron chi connectivity index (χ0n) is 9.42. The Hall–Kier alpha value is -0.930. The topological polar surface area (TPSA) is 66.5 Å².